The molecule has 3 aromatic carbocycles. The molecule has 4 rings (SSSR count). The zero-order valence-corrected chi connectivity index (χ0v) is 16.8. The summed E-state index contributed by atoms with van der Waals surface area (Å²) in [6.45, 7) is 3.85. The van der Waals surface area contributed by atoms with Crippen LogP contribution in [0.1, 0.15) is 21.5 Å². The van der Waals surface area contributed by atoms with Gasteiger partial charge in [-0.1, -0.05) is 29.3 Å². The van der Waals surface area contributed by atoms with E-state index in [1.165, 1.54) is 12.1 Å². The first-order valence-corrected chi connectivity index (χ1v) is 9.39. The third kappa shape index (κ3) is 3.72. The number of carbonyl (C=O) groups is 1. The Hall–Kier alpha value is -3.78. The Morgan fingerprint density at radius 3 is 2.33 bits per heavy atom. The zero-order valence-electron chi connectivity index (χ0n) is 16.1. The number of hydrogen-bond donors (Lipinski definition) is 1. The number of benzene rings is 3. The number of non-ortho nitro benzene ring substituents is 1. The van der Waals surface area contributed by atoms with Crippen molar-refractivity contribution >= 4 is 39.9 Å². The monoisotopic (exact) mass is 421 g/mol. The van der Waals surface area contributed by atoms with Crippen molar-refractivity contribution in [3.8, 4) is 5.69 Å². The lowest BCUT2D eigenvalue weighted by Gasteiger charge is -2.09. The van der Waals surface area contributed by atoms with E-state index in [1.54, 1.807) is 10.9 Å². The summed E-state index contributed by atoms with van der Waals surface area (Å²) in [7, 11) is 0. The van der Waals surface area contributed by atoms with Gasteiger partial charge < -0.3 is 5.32 Å². The maximum absolute atomic E-state index is 12.7. The van der Waals surface area contributed by atoms with Gasteiger partial charge in [-0.05, 0) is 49.7 Å². The smallest absolute Gasteiger partial charge is 0.270 e. The average molecular weight is 422 g/mol. The third-order valence-electron chi connectivity index (χ3n) is 4.65. The van der Waals surface area contributed by atoms with E-state index in [2.05, 4.69) is 15.5 Å². The molecule has 0 atom stereocenters. The predicted molar refractivity (Wildman–Crippen MR) is 114 cm³/mol. The Morgan fingerprint density at radius 2 is 1.70 bits per heavy atom. The number of nitrogens with one attached hydrogen (secondary N) is 1. The Labute approximate surface area is 176 Å². The maximum Gasteiger partial charge on any atom is 0.270 e. The van der Waals surface area contributed by atoms with Crippen molar-refractivity contribution in [2.75, 3.05) is 5.32 Å². The lowest BCUT2D eigenvalue weighted by atomic mass is 10.1. The van der Waals surface area contributed by atoms with Crippen LogP contribution in [-0.4, -0.2) is 25.8 Å². The summed E-state index contributed by atoms with van der Waals surface area (Å²) in [5, 5.41) is 22.6. The van der Waals surface area contributed by atoms with E-state index in [0.717, 1.165) is 22.9 Å². The minimum absolute atomic E-state index is 0.00532. The largest absolute Gasteiger partial charge is 0.322 e. The lowest BCUT2D eigenvalue weighted by Crippen LogP contribution is -2.13. The number of carbonyl (C=O) groups excluding carboxylic acids is 1. The number of nitro groups is 1. The molecular weight excluding hydrogens is 406 g/mol. The van der Waals surface area contributed by atoms with Gasteiger partial charge >= 0.3 is 0 Å². The Morgan fingerprint density at radius 1 is 1.03 bits per heavy atom. The number of hydrogen-bond acceptors (Lipinski definition) is 5. The van der Waals surface area contributed by atoms with Crippen molar-refractivity contribution in [2.45, 2.75) is 13.8 Å². The second kappa shape index (κ2) is 7.57. The molecule has 1 amide bonds. The third-order valence-corrected chi connectivity index (χ3v) is 4.96. The molecule has 0 aliphatic rings. The summed E-state index contributed by atoms with van der Waals surface area (Å²) >= 11 is 6.06. The highest BCUT2D eigenvalue weighted by Gasteiger charge is 2.17. The van der Waals surface area contributed by atoms with Crippen molar-refractivity contribution in [3.05, 3.63) is 86.4 Å². The SMILES string of the molecule is Cc1ccc(-n2nc3cc(C)c(NC(=O)c4ccc([N+](=O)[O-])cc4Cl)cc3n2)cc1. The van der Waals surface area contributed by atoms with E-state index in [1.807, 2.05) is 44.2 Å². The molecule has 0 fully saturated rings. The van der Waals surface area contributed by atoms with Crippen LogP contribution in [0.3, 0.4) is 0 Å². The number of aryl methyl sites for hydroxylation is 2. The standard InChI is InChI=1S/C21H16ClN5O3/c1-12-3-5-14(6-4-12)26-24-19-9-13(2)18(11-20(19)25-26)23-21(28)16-8-7-15(27(29)30)10-17(16)22/h3-11H,1-2H3,(H,23,28). The highest BCUT2D eigenvalue weighted by Crippen LogP contribution is 2.26. The van der Waals surface area contributed by atoms with E-state index < -0.39 is 10.8 Å². The molecule has 0 saturated carbocycles. The van der Waals surface area contributed by atoms with Gasteiger partial charge in [0.05, 0.1) is 21.2 Å². The van der Waals surface area contributed by atoms with E-state index in [4.69, 9.17) is 11.6 Å². The van der Waals surface area contributed by atoms with Crippen LogP contribution in [-0.2, 0) is 0 Å². The number of fused-ring (bicyclic) bond motifs is 1. The first kappa shape index (κ1) is 19.5. The molecule has 150 valence electrons. The fourth-order valence-electron chi connectivity index (χ4n) is 2.99. The normalized spacial score (nSPS) is 10.9. The molecule has 0 spiro atoms. The van der Waals surface area contributed by atoms with Gasteiger partial charge in [0, 0.05) is 17.8 Å². The minimum Gasteiger partial charge on any atom is -0.322 e. The fraction of sp³-hybridized carbons (Fsp3) is 0.0952. The zero-order chi connectivity index (χ0) is 21.4. The number of halogens is 1. The van der Waals surface area contributed by atoms with Gasteiger partial charge in [-0.25, -0.2) is 0 Å². The topological polar surface area (TPSA) is 103 Å². The van der Waals surface area contributed by atoms with Crippen molar-refractivity contribution in [1.29, 1.82) is 0 Å². The number of aromatic nitrogens is 3. The number of nitro benzene ring substituents is 1. The van der Waals surface area contributed by atoms with Crippen LogP contribution in [0.15, 0.2) is 54.6 Å². The quantitative estimate of drug-likeness (QED) is 0.374. The summed E-state index contributed by atoms with van der Waals surface area (Å²) < 4.78 is 0. The van der Waals surface area contributed by atoms with E-state index >= 15 is 0 Å². The lowest BCUT2D eigenvalue weighted by molar-refractivity contribution is -0.384. The van der Waals surface area contributed by atoms with Crippen molar-refractivity contribution in [2.24, 2.45) is 0 Å². The molecule has 0 radical (unpaired) electrons. The van der Waals surface area contributed by atoms with Gasteiger partial charge in [0.1, 0.15) is 11.0 Å². The Balaban J connectivity index is 1.64. The fourth-order valence-corrected chi connectivity index (χ4v) is 3.25. The number of nitrogens with zero attached hydrogens (tertiary/aromatic N) is 4. The molecule has 1 N–H and O–H groups in total. The van der Waals surface area contributed by atoms with E-state index in [9.17, 15) is 14.9 Å². The number of anilines is 1. The minimum atomic E-state index is -0.566. The van der Waals surface area contributed by atoms with Gasteiger partial charge in [0.25, 0.3) is 11.6 Å². The highest BCUT2D eigenvalue weighted by molar-refractivity contribution is 6.34. The molecule has 8 nitrogen and oxygen atoms in total. The van der Waals surface area contributed by atoms with Crippen molar-refractivity contribution < 1.29 is 9.72 Å². The summed E-state index contributed by atoms with van der Waals surface area (Å²) in [6.07, 6.45) is 0. The molecular formula is C21H16ClN5O3. The van der Waals surface area contributed by atoms with Gasteiger partial charge in [0.2, 0.25) is 0 Å². The first-order valence-electron chi connectivity index (χ1n) is 9.02. The maximum atomic E-state index is 12.7. The molecule has 1 heterocycles. The molecule has 0 bridgehead atoms. The van der Waals surface area contributed by atoms with Gasteiger partial charge in [-0.2, -0.15) is 4.80 Å². The van der Waals surface area contributed by atoms with Crippen LogP contribution in [0.4, 0.5) is 11.4 Å². The Bertz CT molecular complexity index is 1300. The van der Waals surface area contributed by atoms with Gasteiger partial charge in [0.15, 0.2) is 0 Å². The predicted octanol–water partition coefficient (Wildman–Crippen LogP) is 4.85. The van der Waals surface area contributed by atoms with Crippen LogP contribution < -0.4 is 5.32 Å². The summed E-state index contributed by atoms with van der Waals surface area (Å²) in [4.78, 5) is 24.5. The summed E-state index contributed by atoms with van der Waals surface area (Å²) in [6, 6.07) is 15.1. The number of rotatable bonds is 4. The van der Waals surface area contributed by atoms with Crippen LogP contribution in [0, 0.1) is 24.0 Å². The summed E-state index contributed by atoms with van der Waals surface area (Å²) in [5.41, 5.74) is 4.60. The second-order valence-corrected chi connectivity index (χ2v) is 7.26. The molecule has 4 aromatic rings. The molecule has 9 heteroatoms. The second-order valence-electron chi connectivity index (χ2n) is 6.86. The molecule has 30 heavy (non-hydrogen) atoms. The Kier molecular flexibility index (Phi) is 4.93. The van der Waals surface area contributed by atoms with Crippen LogP contribution in [0.2, 0.25) is 5.02 Å². The van der Waals surface area contributed by atoms with Crippen molar-refractivity contribution in [3.63, 3.8) is 0 Å². The molecule has 1 aromatic heterocycles. The van der Waals surface area contributed by atoms with Crippen LogP contribution in [0.25, 0.3) is 16.7 Å². The number of amides is 1. The van der Waals surface area contributed by atoms with Gasteiger partial charge in [-0.15, -0.1) is 10.2 Å². The molecule has 0 unspecified atom stereocenters. The van der Waals surface area contributed by atoms with E-state index in [0.29, 0.717) is 16.7 Å². The van der Waals surface area contributed by atoms with E-state index in [-0.39, 0.29) is 16.3 Å². The molecule has 0 aliphatic heterocycles. The molecule has 0 aliphatic carbocycles. The van der Waals surface area contributed by atoms with Gasteiger partial charge in [-0.3, -0.25) is 14.9 Å². The highest BCUT2D eigenvalue weighted by atomic mass is 35.5. The first-order chi connectivity index (χ1) is 14.3. The van der Waals surface area contributed by atoms with Crippen LogP contribution >= 0.6 is 11.6 Å². The summed E-state index contributed by atoms with van der Waals surface area (Å²) in [5.74, 6) is -0.469. The van der Waals surface area contributed by atoms with Crippen molar-refractivity contribution in [1.82, 2.24) is 15.0 Å². The average Bonchev–Trinajstić information content (AvgIpc) is 3.11. The molecule has 0 saturated heterocycles. The van der Waals surface area contributed by atoms with Crippen LogP contribution in [0.5, 0.6) is 0 Å².